The molecule has 0 unspecified atom stereocenters. The Bertz CT molecular complexity index is 690. The lowest BCUT2D eigenvalue weighted by Crippen LogP contribution is -2.29. The molecular weight excluding hydrogens is 318 g/mol. The Morgan fingerprint density at radius 3 is 2.19 bits per heavy atom. The summed E-state index contributed by atoms with van der Waals surface area (Å²) in [7, 11) is 0. The second-order valence-electron chi connectivity index (χ2n) is 4.02. The third-order valence-electron chi connectivity index (χ3n) is 2.51. The average molecular weight is 327 g/mol. The molecule has 0 saturated carbocycles. The van der Waals surface area contributed by atoms with Crippen molar-refractivity contribution < 1.29 is 14.0 Å². The monoisotopic (exact) mass is 326 g/mol. The fourth-order valence-electron chi connectivity index (χ4n) is 1.50. The minimum absolute atomic E-state index is 0.141. The maximum absolute atomic E-state index is 12.7. The van der Waals surface area contributed by atoms with Gasteiger partial charge in [-0.2, -0.15) is 0 Å². The van der Waals surface area contributed by atoms with Crippen molar-refractivity contribution in [1.82, 2.24) is 0 Å². The summed E-state index contributed by atoms with van der Waals surface area (Å²) in [6, 6.07) is 9.67. The van der Waals surface area contributed by atoms with Gasteiger partial charge in [0.2, 0.25) is 0 Å². The van der Waals surface area contributed by atoms with Gasteiger partial charge in [0.25, 0.3) is 0 Å². The zero-order valence-corrected chi connectivity index (χ0v) is 12.0. The molecule has 0 atom stereocenters. The Kier molecular flexibility index (Phi) is 4.77. The minimum Gasteiger partial charge on any atom is -0.318 e. The summed E-state index contributed by atoms with van der Waals surface area (Å²) in [5, 5.41) is 5.07. The van der Waals surface area contributed by atoms with E-state index < -0.39 is 17.6 Å². The molecule has 0 aliphatic heterocycles. The van der Waals surface area contributed by atoms with Crippen LogP contribution in [0.3, 0.4) is 0 Å². The second kappa shape index (κ2) is 6.56. The van der Waals surface area contributed by atoms with Crippen molar-refractivity contribution in [2.45, 2.75) is 0 Å². The highest BCUT2D eigenvalue weighted by molar-refractivity contribution is 6.47. The Balaban J connectivity index is 2.04. The molecule has 2 N–H and O–H groups in total. The number of hydrogen-bond acceptors (Lipinski definition) is 2. The van der Waals surface area contributed by atoms with Crippen molar-refractivity contribution in [2.75, 3.05) is 10.6 Å². The fraction of sp³-hybridized carbons (Fsp3) is 0. The van der Waals surface area contributed by atoms with E-state index >= 15 is 0 Å². The van der Waals surface area contributed by atoms with E-state index in [2.05, 4.69) is 10.6 Å². The van der Waals surface area contributed by atoms with Crippen LogP contribution in [-0.2, 0) is 9.59 Å². The fourth-order valence-corrected chi connectivity index (χ4v) is 1.85. The summed E-state index contributed by atoms with van der Waals surface area (Å²) in [6.07, 6.45) is 0. The minimum atomic E-state index is -0.913. The SMILES string of the molecule is O=C(Nc1ccc(F)cc1)C(=O)Nc1cccc(Cl)c1Cl. The normalized spacial score (nSPS) is 10.0. The predicted octanol–water partition coefficient (Wildman–Crippen LogP) is 3.71. The van der Waals surface area contributed by atoms with Gasteiger partial charge in [-0.3, -0.25) is 9.59 Å². The molecule has 2 rings (SSSR count). The van der Waals surface area contributed by atoms with Gasteiger partial charge >= 0.3 is 11.8 Å². The second-order valence-corrected chi connectivity index (χ2v) is 4.80. The summed E-state index contributed by atoms with van der Waals surface area (Å²) < 4.78 is 12.7. The van der Waals surface area contributed by atoms with Crippen molar-refractivity contribution >= 4 is 46.4 Å². The van der Waals surface area contributed by atoms with E-state index in [1.165, 1.54) is 30.3 Å². The van der Waals surface area contributed by atoms with Crippen LogP contribution in [0, 0.1) is 5.82 Å². The molecule has 2 aromatic rings. The molecule has 2 aromatic carbocycles. The van der Waals surface area contributed by atoms with Gasteiger partial charge in [-0.05, 0) is 36.4 Å². The lowest BCUT2D eigenvalue weighted by molar-refractivity contribution is -0.132. The summed E-state index contributed by atoms with van der Waals surface area (Å²) in [6.45, 7) is 0. The number of anilines is 2. The standard InChI is InChI=1S/C14H9Cl2FN2O2/c15-10-2-1-3-11(12(10)16)19-14(21)13(20)18-9-6-4-8(17)5-7-9/h1-7H,(H,18,20)(H,19,21). The van der Waals surface area contributed by atoms with Crippen LogP contribution in [0.25, 0.3) is 0 Å². The molecule has 2 amide bonds. The summed E-state index contributed by atoms with van der Waals surface area (Å²) in [5.41, 5.74) is 0.525. The van der Waals surface area contributed by atoms with Crippen molar-refractivity contribution in [2.24, 2.45) is 0 Å². The Morgan fingerprint density at radius 1 is 0.905 bits per heavy atom. The van der Waals surface area contributed by atoms with Crippen molar-refractivity contribution in [3.8, 4) is 0 Å². The summed E-state index contributed by atoms with van der Waals surface area (Å²) >= 11 is 11.7. The van der Waals surface area contributed by atoms with E-state index in [0.29, 0.717) is 5.69 Å². The van der Waals surface area contributed by atoms with Gasteiger partial charge in [-0.1, -0.05) is 29.3 Å². The predicted molar refractivity (Wildman–Crippen MR) is 80.1 cm³/mol. The maximum Gasteiger partial charge on any atom is 0.314 e. The first-order valence-corrected chi connectivity index (χ1v) is 6.55. The topological polar surface area (TPSA) is 58.2 Å². The van der Waals surface area contributed by atoms with Crippen LogP contribution in [0.4, 0.5) is 15.8 Å². The zero-order chi connectivity index (χ0) is 15.4. The van der Waals surface area contributed by atoms with E-state index in [1.54, 1.807) is 12.1 Å². The van der Waals surface area contributed by atoms with Gasteiger partial charge in [0.15, 0.2) is 0 Å². The highest BCUT2D eigenvalue weighted by atomic mass is 35.5. The van der Waals surface area contributed by atoms with Crippen molar-refractivity contribution in [3.63, 3.8) is 0 Å². The van der Waals surface area contributed by atoms with E-state index in [1.807, 2.05) is 0 Å². The molecule has 0 heterocycles. The Morgan fingerprint density at radius 2 is 1.52 bits per heavy atom. The van der Waals surface area contributed by atoms with Crippen LogP contribution in [0.5, 0.6) is 0 Å². The van der Waals surface area contributed by atoms with Crippen LogP contribution in [0.15, 0.2) is 42.5 Å². The van der Waals surface area contributed by atoms with Gasteiger partial charge < -0.3 is 10.6 Å². The number of amides is 2. The van der Waals surface area contributed by atoms with E-state index in [0.717, 1.165) is 0 Å². The van der Waals surface area contributed by atoms with E-state index in [9.17, 15) is 14.0 Å². The highest BCUT2D eigenvalue weighted by Crippen LogP contribution is 2.29. The molecule has 0 bridgehead atoms. The molecule has 0 aromatic heterocycles. The molecule has 4 nitrogen and oxygen atoms in total. The van der Waals surface area contributed by atoms with E-state index in [-0.39, 0.29) is 15.7 Å². The number of benzene rings is 2. The van der Waals surface area contributed by atoms with Crippen LogP contribution >= 0.6 is 23.2 Å². The lowest BCUT2D eigenvalue weighted by Gasteiger charge is -2.08. The summed E-state index contributed by atoms with van der Waals surface area (Å²) in [5.74, 6) is -2.26. The largest absolute Gasteiger partial charge is 0.318 e. The first-order chi connectivity index (χ1) is 9.97. The number of nitrogens with one attached hydrogen (secondary N) is 2. The molecule has 0 spiro atoms. The first-order valence-electron chi connectivity index (χ1n) is 5.79. The van der Waals surface area contributed by atoms with Crippen molar-refractivity contribution in [1.29, 1.82) is 0 Å². The average Bonchev–Trinajstić information content (AvgIpc) is 2.46. The number of rotatable bonds is 2. The summed E-state index contributed by atoms with van der Waals surface area (Å²) in [4.78, 5) is 23.5. The molecule has 0 aliphatic carbocycles. The maximum atomic E-state index is 12.7. The number of carbonyl (C=O) groups excluding carboxylic acids is 2. The molecule has 0 radical (unpaired) electrons. The number of halogens is 3. The Hall–Kier alpha value is -2.11. The van der Waals surface area contributed by atoms with Crippen LogP contribution in [0.2, 0.25) is 10.0 Å². The van der Waals surface area contributed by atoms with Gasteiger partial charge in [-0.15, -0.1) is 0 Å². The molecule has 0 fully saturated rings. The molecule has 0 saturated heterocycles. The van der Waals surface area contributed by atoms with Crippen molar-refractivity contribution in [3.05, 3.63) is 58.3 Å². The van der Waals surface area contributed by atoms with Gasteiger partial charge in [0.05, 0.1) is 15.7 Å². The molecule has 7 heteroatoms. The first kappa shape index (κ1) is 15.3. The Labute approximate surface area is 129 Å². The molecule has 0 aliphatic rings. The molecular formula is C14H9Cl2FN2O2. The third-order valence-corrected chi connectivity index (χ3v) is 3.33. The van der Waals surface area contributed by atoms with Gasteiger partial charge in [0.1, 0.15) is 5.82 Å². The lowest BCUT2D eigenvalue weighted by atomic mass is 10.3. The van der Waals surface area contributed by atoms with E-state index in [4.69, 9.17) is 23.2 Å². The van der Waals surface area contributed by atoms with Crippen LogP contribution in [0.1, 0.15) is 0 Å². The number of hydrogen-bond donors (Lipinski definition) is 2. The van der Waals surface area contributed by atoms with Crippen LogP contribution in [-0.4, -0.2) is 11.8 Å². The van der Waals surface area contributed by atoms with Crippen LogP contribution < -0.4 is 10.6 Å². The smallest absolute Gasteiger partial charge is 0.314 e. The number of carbonyl (C=O) groups is 2. The van der Waals surface area contributed by atoms with Gasteiger partial charge in [0, 0.05) is 5.69 Å². The van der Waals surface area contributed by atoms with Gasteiger partial charge in [-0.25, -0.2) is 4.39 Å². The molecule has 108 valence electrons. The quantitative estimate of drug-likeness (QED) is 0.826. The third kappa shape index (κ3) is 3.93. The zero-order valence-electron chi connectivity index (χ0n) is 10.5. The molecule has 21 heavy (non-hydrogen) atoms. The highest BCUT2D eigenvalue weighted by Gasteiger charge is 2.16.